The first-order chi connectivity index (χ1) is 11.2. The lowest BCUT2D eigenvalue weighted by Gasteiger charge is -2.27. The molecule has 2 aromatic heterocycles. The second kappa shape index (κ2) is 7.45. The van der Waals surface area contributed by atoms with Crippen molar-refractivity contribution in [3.63, 3.8) is 0 Å². The molecule has 2 N–H and O–H groups in total. The van der Waals surface area contributed by atoms with Crippen LogP contribution in [0.5, 0.6) is 5.75 Å². The second-order valence-electron chi connectivity index (χ2n) is 6.81. The average molecular weight is 352 g/mol. The first-order valence-electron chi connectivity index (χ1n) is 7.89. The third-order valence-electron chi connectivity index (χ3n) is 3.55. The van der Waals surface area contributed by atoms with Crippen molar-refractivity contribution in [3.05, 3.63) is 41.1 Å². The monoisotopic (exact) mass is 351 g/mol. The highest BCUT2D eigenvalue weighted by Gasteiger charge is 2.22. The number of rotatable bonds is 6. The van der Waals surface area contributed by atoms with Crippen LogP contribution in [0.25, 0.3) is 11.3 Å². The van der Waals surface area contributed by atoms with Crippen molar-refractivity contribution < 1.29 is 9.13 Å². The van der Waals surface area contributed by atoms with Gasteiger partial charge in [0.05, 0.1) is 5.69 Å². The largest absolute Gasteiger partial charge is 0.490 e. The zero-order valence-electron chi connectivity index (χ0n) is 14.4. The molecule has 0 unspecified atom stereocenters. The lowest BCUT2D eigenvalue weighted by Crippen LogP contribution is -2.43. The first-order valence-corrected chi connectivity index (χ1v) is 8.26. The molecule has 0 aliphatic heterocycles. The van der Waals surface area contributed by atoms with Crippen LogP contribution in [0.4, 0.5) is 4.39 Å². The molecule has 0 amide bonds. The SMILES string of the molecule is Cc1nc(-c2ccnc(Cl)c2)c(F)cc1OC[C@@](C)(N)CC(C)C. The molecule has 2 rings (SSSR count). The van der Waals surface area contributed by atoms with Crippen LogP contribution in [-0.4, -0.2) is 22.1 Å². The van der Waals surface area contributed by atoms with Crippen LogP contribution in [0.3, 0.4) is 0 Å². The number of aromatic nitrogens is 2. The fourth-order valence-electron chi connectivity index (χ4n) is 2.70. The minimum absolute atomic E-state index is 0.224. The van der Waals surface area contributed by atoms with E-state index in [-0.39, 0.29) is 5.69 Å². The van der Waals surface area contributed by atoms with Crippen molar-refractivity contribution in [1.82, 2.24) is 9.97 Å². The molecule has 0 aliphatic carbocycles. The summed E-state index contributed by atoms with van der Waals surface area (Å²) in [5, 5.41) is 0.291. The maximum absolute atomic E-state index is 14.4. The van der Waals surface area contributed by atoms with Gasteiger partial charge in [-0.15, -0.1) is 0 Å². The van der Waals surface area contributed by atoms with Crippen molar-refractivity contribution in [2.24, 2.45) is 11.7 Å². The summed E-state index contributed by atoms with van der Waals surface area (Å²) >= 11 is 5.86. The Labute approximate surface area is 147 Å². The molecule has 0 radical (unpaired) electrons. The van der Waals surface area contributed by atoms with Gasteiger partial charge in [-0.05, 0) is 38.3 Å². The molecule has 0 spiro atoms. The molecule has 0 bridgehead atoms. The number of nitrogens with two attached hydrogens (primary N) is 1. The van der Waals surface area contributed by atoms with Crippen LogP contribution >= 0.6 is 11.6 Å². The number of aryl methyl sites for hydroxylation is 1. The summed E-state index contributed by atoms with van der Waals surface area (Å²) in [4.78, 5) is 8.21. The van der Waals surface area contributed by atoms with Gasteiger partial charge in [-0.1, -0.05) is 25.4 Å². The Bertz CT molecular complexity index is 719. The zero-order chi connectivity index (χ0) is 17.9. The first kappa shape index (κ1) is 18.6. The summed E-state index contributed by atoms with van der Waals surface area (Å²) in [6, 6.07) is 4.58. The predicted molar refractivity (Wildman–Crippen MR) is 94.7 cm³/mol. The van der Waals surface area contributed by atoms with Gasteiger partial charge in [0.1, 0.15) is 23.2 Å². The molecule has 0 saturated heterocycles. The maximum Gasteiger partial charge on any atom is 0.153 e. The van der Waals surface area contributed by atoms with Crippen LogP contribution in [0.1, 0.15) is 32.9 Å². The van der Waals surface area contributed by atoms with E-state index in [1.807, 2.05) is 6.92 Å². The third kappa shape index (κ3) is 4.89. The Morgan fingerprint density at radius 2 is 2.08 bits per heavy atom. The molecule has 2 aromatic rings. The minimum Gasteiger partial charge on any atom is -0.490 e. The van der Waals surface area contributed by atoms with E-state index >= 15 is 0 Å². The van der Waals surface area contributed by atoms with Gasteiger partial charge in [0.15, 0.2) is 5.82 Å². The molecule has 0 aromatic carbocycles. The number of nitrogens with zero attached hydrogens (tertiary/aromatic N) is 2. The minimum atomic E-state index is -0.478. The molecule has 0 fully saturated rings. The standard InChI is InChI=1S/C18H23ClFN3O/c1-11(2)9-18(4,21)10-24-15-8-14(20)17(23-12(15)3)13-5-6-22-16(19)7-13/h5-8,11H,9-10,21H2,1-4H3/t18-/m0/s1. The number of ether oxygens (including phenoxy) is 1. The molecule has 0 saturated carbocycles. The van der Waals surface area contributed by atoms with E-state index in [1.165, 1.54) is 12.3 Å². The average Bonchev–Trinajstić information content (AvgIpc) is 2.46. The molecular formula is C18H23ClFN3O. The summed E-state index contributed by atoms with van der Waals surface area (Å²) in [5.74, 6) is 0.385. The topological polar surface area (TPSA) is 61.0 Å². The molecule has 4 nitrogen and oxygen atoms in total. The normalized spacial score (nSPS) is 13.8. The predicted octanol–water partition coefficient (Wildman–Crippen LogP) is 4.39. The highest BCUT2D eigenvalue weighted by molar-refractivity contribution is 6.29. The van der Waals surface area contributed by atoms with E-state index in [2.05, 4.69) is 23.8 Å². The highest BCUT2D eigenvalue weighted by Crippen LogP contribution is 2.28. The molecular weight excluding hydrogens is 329 g/mol. The van der Waals surface area contributed by atoms with E-state index in [0.29, 0.717) is 34.7 Å². The summed E-state index contributed by atoms with van der Waals surface area (Å²) in [6.07, 6.45) is 2.33. The summed E-state index contributed by atoms with van der Waals surface area (Å²) in [6.45, 7) is 8.21. The Morgan fingerprint density at radius 1 is 1.38 bits per heavy atom. The number of halogens is 2. The highest BCUT2D eigenvalue weighted by atomic mass is 35.5. The van der Waals surface area contributed by atoms with Crippen molar-refractivity contribution in [2.45, 2.75) is 39.7 Å². The van der Waals surface area contributed by atoms with E-state index in [4.69, 9.17) is 22.1 Å². The lowest BCUT2D eigenvalue weighted by molar-refractivity contribution is 0.204. The van der Waals surface area contributed by atoms with Crippen LogP contribution < -0.4 is 10.5 Å². The van der Waals surface area contributed by atoms with Crippen LogP contribution in [0, 0.1) is 18.7 Å². The fraction of sp³-hybridized carbons (Fsp3) is 0.444. The lowest BCUT2D eigenvalue weighted by atomic mass is 9.93. The molecule has 6 heteroatoms. The smallest absolute Gasteiger partial charge is 0.153 e. The van der Waals surface area contributed by atoms with Crippen molar-refractivity contribution in [2.75, 3.05) is 6.61 Å². The number of hydrogen-bond donors (Lipinski definition) is 1. The van der Waals surface area contributed by atoms with Crippen LogP contribution in [0.15, 0.2) is 24.4 Å². The second-order valence-corrected chi connectivity index (χ2v) is 7.20. The third-order valence-corrected chi connectivity index (χ3v) is 3.76. The van der Waals surface area contributed by atoms with Gasteiger partial charge in [0, 0.05) is 23.4 Å². The van der Waals surface area contributed by atoms with E-state index in [9.17, 15) is 4.39 Å². The molecule has 2 heterocycles. The quantitative estimate of drug-likeness (QED) is 0.784. The molecule has 24 heavy (non-hydrogen) atoms. The van der Waals surface area contributed by atoms with Gasteiger partial charge in [-0.3, -0.25) is 0 Å². The Morgan fingerprint density at radius 3 is 2.71 bits per heavy atom. The Kier molecular flexibility index (Phi) is 5.78. The van der Waals surface area contributed by atoms with Crippen molar-refractivity contribution in [3.8, 4) is 17.0 Å². The van der Waals surface area contributed by atoms with Crippen molar-refractivity contribution >= 4 is 11.6 Å². The number of hydrogen-bond acceptors (Lipinski definition) is 4. The fourth-order valence-corrected chi connectivity index (χ4v) is 2.87. The van der Waals surface area contributed by atoms with Gasteiger partial charge in [0.2, 0.25) is 0 Å². The Hall–Kier alpha value is -1.72. The maximum atomic E-state index is 14.4. The van der Waals surface area contributed by atoms with E-state index < -0.39 is 11.4 Å². The summed E-state index contributed by atoms with van der Waals surface area (Å²) < 4.78 is 20.2. The molecule has 0 aliphatic rings. The van der Waals surface area contributed by atoms with Gasteiger partial charge < -0.3 is 10.5 Å². The number of pyridine rings is 2. The molecule has 130 valence electrons. The van der Waals surface area contributed by atoms with Gasteiger partial charge in [0.25, 0.3) is 0 Å². The van der Waals surface area contributed by atoms with Gasteiger partial charge in [-0.2, -0.15) is 0 Å². The van der Waals surface area contributed by atoms with Gasteiger partial charge in [-0.25, -0.2) is 14.4 Å². The van der Waals surface area contributed by atoms with Gasteiger partial charge >= 0.3 is 0 Å². The van der Waals surface area contributed by atoms with Crippen LogP contribution in [0.2, 0.25) is 5.15 Å². The van der Waals surface area contributed by atoms with E-state index in [0.717, 1.165) is 6.42 Å². The van der Waals surface area contributed by atoms with Crippen molar-refractivity contribution in [1.29, 1.82) is 0 Å². The Balaban J connectivity index is 2.21. The molecule has 1 atom stereocenters. The van der Waals surface area contributed by atoms with Crippen LogP contribution in [-0.2, 0) is 0 Å². The summed E-state index contributed by atoms with van der Waals surface area (Å²) in [7, 11) is 0. The zero-order valence-corrected chi connectivity index (χ0v) is 15.2. The van der Waals surface area contributed by atoms with E-state index in [1.54, 1.807) is 19.1 Å². The summed E-state index contributed by atoms with van der Waals surface area (Å²) in [5.41, 5.74) is 7.15.